The van der Waals surface area contributed by atoms with Crippen molar-refractivity contribution in [1.82, 2.24) is 0 Å². The summed E-state index contributed by atoms with van der Waals surface area (Å²) in [7, 11) is 0. The van der Waals surface area contributed by atoms with Gasteiger partial charge < -0.3 is 10.0 Å². The Hall–Kier alpha value is -2.81. The summed E-state index contributed by atoms with van der Waals surface area (Å²) in [6.07, 6.45) is 12.8. The summed E-state index contributed by atoms with van der Waals surface area (Å²) in [6.45, 7) is 3.93. The zero-order chi connectivity index (χ0) is 15.7. The molecule has 3 nitrogen and oxygen atoms in total. The van der Waals surface area contributed by atoms with Crippen molar-refractivity contribution in [3.8, 4) is 5.75 Å². The molecule has 0 unspecified atom stereocenters. The number of carbonyl (C=O) groups excluding carboxylic acids is 1. The van der Waals surface area contributed by atoms with Gasteiger partial charge in [0.2, 0.25) is 0 Å². The van der Waals surface area contributed by atoms with E-state index in [4.69, 9.17) is 0 Å². The third-order valence-corrected chi connectivity index (χ3v) is 3.66. The molecule has 22 heavy (non-hydrogen) atoms. The molecule has 0 bridgehead atoms. The number of nitrogens with zero attached hydrogens (tertiary/aromatic N) is 1. The van der Waals surface area contributed by atoms with E-state index in [0.717, 1.165) is 16.8 Å². The van der Waals surface area contributed by atoms with Crippen LogP contribution >= 0.6 is 0 Å². The summed E-state index contributed by atoms with van der Waals surface area (Å²) in [5.41, 5.74) is 4.12. The van der Waals surface area contributed by atoms with Crippen molar-refractivity contribution < 1.29 is 9.90 Å². The third kappa shape index (κ3) is 2.53. The van der Waals surface area contributed by atoms with Crippen LogP contribution in [0.4, 0.5) is 5.69 Å². The molecule has 0 aromatic heterocycles. The first-order valence-electron chi connectivity index (χ1n) is 7.15. The first kappa shape index (κ1) is 14.1. The second-order valence-electron chi connectivity index (χ2n) is 5.45. The van der Waals surface area contributed by atoms with Crippen LogP contribution in [0, 0.1) is 6.92 Å². The Morgan fingerprint density at radius 1 is 1.05 bits per heavy atom. The van der Waals surface area contributed by atoms with Gasteiger partial charge in [-0.3, -0.25) is 4.79 Å². The van der Waals surface area contributed by atoms with Crippen LogP contribution in [0.3, 0.4) is 0 Å². The van der Waals surface area contributed by atoms with E-state index in [1.807, 2.05) is 67.5 Å². The zero-order valence-electron chi connectivity index (χ0n) is 12.6. The Bertz CT molecular complexity index is 792. The smallest absolute Gasteiger partial charge is 0.187 e. The molecule has 1 aromatic rings. The number of aromatic hydroxyl groups is 1. The molecule has 1 N–H and O–H groups in total. The Kier molecular flexibility index (Phi) is 3.55. The maximum Gasteiger partial charge on any atom is 0.187 e. The van der Waals surface area contributed by atoms with Crippen molar-refractivity contribution in [2.45, 2.75) is 13.8 Å². The van der Waals surface area contributed by atoms with E-state index >= 15 is 0 Å². The highest BCUT2D eigenvalue weighted by atomic mass is 16.3. The lowest BCUT2D eigenvalue weighted by molar-refractivity contribution is -0.111. The molecular formula is C19H17NO2. The molecule has 110 valence electrons. The molecule has 0 saturated heterocycles. The molecule has 0 saturated carbocycles. The van der Waals surface area contributed by atoms with E-state index in [9.17, 15) is 9.90 Å². The Morgan fingerprint density at radius 3 is 2.68 bits per heavy atom. The first-order valence-corrected chi connectivity index (χ1v) is 7.15. The van der Waals surface area contributed by atoms with Gasteiger partial charge in [-0.1, -0.05) is 23.8 Å². The van der Waals surface area contributed by atoms with Crippen LogP contribution in [0.15, 0.2) is 77.7 Å². The summed E-state index contributed by atoms with van der Waals surface area (Å²) in [5.74, 6) is 0.154. The SMILES string of the molecule is CC1=CC(=C2C=CC=CN2c2cc(C)ccc2O)C(=O)C=C1. The summed E-state index contributed by atoms with van der Waals surface area (Å²) in [4.78, 5) is 14.1. The van der Waals surface area contributed by atoms with Crippen molar-refractivity contribution >= 4 is 11.5 Å². The van der Waals surface area contributed by atoms with E-state index in [-0.39, 0.29) is 11.5 Å². The molecule has 3 rings (SSSR count). The number of aryl methyl sites for hydroxylation is 1. The molecule has 0 fully saturated rings. The lowest BCUT2D eigenvalue weighted by Crippen LogP contribution is -2.20. The summed E-state index contributed by atoms with van der Waals surface area (Å²) in [5, 5.41) is 10.2. The predicted octanol–water partition coefficient (Wildman–Crippen LogP) is 3.93. The van der Waals surface area contributed by atoms with Crippen LogP contribution in [-0.4, -0.2) is 10.9 Å². The second-order valence-corrected chi connectivity index (χ2v) is 5.45. The van der Waals surface area contributed by atoms with Crippen LogP contribution in [0.2, 0.25) is 0 Å². The second kappa shape index (κ2) is 5.53. The van der Waals surface area contributed by atoms with Crippen LogP contribution < -0.4 is 4.90 Å². The normalized spacial score (nSPS) is 20.5. The molecule has 0 amide bonds. The van der Waals surface area contributed by atoms with Crippen LogP contribution in [0.1, 0.15) is 12.5 Å². The zero-order valence-corrected chi connectivity index (χ0v) is 12.6. The first-order chi connectivity index (χ1) is 10.6. The van der Waals surface area contributed by atoms with Crippen LogP contribution in [0.25, 0.3) is 0 Å². The van der Waals surface area contributed by atoms with E-state index in [1.54, 1.807) is 12.1 Å². The summed E-state index contributed by atoms with van der Waals surface area (Å²) < 4.78 is 0. The molecule has 3 heteroatoms. The number of phenolic OH excluding ortho intramolecular Hbond substituents is 1. The Balaban J connectivity index is 2.16. The number of ketones is 1. The molecule has 0 spiro atoms. The quantitative estimate of drug-likeness (QED) is 0.797. The standard InChI is InChI=1S/C19H17NO2/c1-13-6-8-18(21)15(11-13)16-5-3-4-10-20(16)17-12-14(2)7-9-19(17)22/h3-12,22H,1-2H3. The number of benzene rings is 1. The Morgan fingerprint density at radius 2 is 1.86 bits per heavy atom. The number of phenols is 1. The molecule has 1 aliphatic heterocycles. The Labute approximate surface area is 129 Å². The average Bonchev–Trinajstić information content (AvgIpc) is 2.52. The fraction of sp³-hybridized carbons (Fsp3) is 0.105. The summed E-state index contributed by atoms with van der Waals surface area (Å²) >= 11 is 0. The molecule has 1 aliphatic carbocycles. The molecule has 0 radical (unpaired) electrons. The largest absolute Gasteiger partial charge is 0.506 e. The van der Waals surface area contributed by atoms with E-state index in [0.29, 0.717) is 11.3 Å². The monoisotopic (exact) mass is 291 g/mol. The molecule has 1 aromatic carbocycles. The third-order valence-electron chi connectivity index (χ3n) is 3.66. The van der Waals surface area contributed by atoms with Gasteiger partial charge in [-0.05, 0) is 55.8 Å². The van der Waals surface area contributed by atoms with Crippen molar-refractivity contribution in [3.05, 3.63) is 83.3 Å². The van der Waals surface area contributed by atoms with Gasteiger partial charge in [-0.15, -0.1) is 0 Å². The van der Waals surface area contributed by atoms with Gasteiger partial charge in [0.05, 0.1) is 11.4 Å². The van der Waals surface area contributed by atoms with E-state index in [2.05, 4.69) is 0 Å². The number of anilines is 1. The van der Waals surface area contributed by atoms with Crippen molar-refractivity contribution in [2.75, 3.05) is 4.90 Å². The van der Waals surface area contributed by atoms with Crippen molar-refractivity contribution in [2.24, 2.45) is 0 Å². The lowest BCUT2D eigenvalue weighted by atomic mass is 9.98. The van der Waals surface area contributed by atoms with Gasteiger partial charge in [-0.25, -0.2) is 0 Å². The number of hydrogen-bond donors (Lipinski definition) is 1. The van der Waals surface area contributed by atoms with E-state index in [1.165, 1.54) is 0 Å². The topological polar surface area (TPSA) is 40.5 Å². The minimum absolute atomic E-state index is 0.0299. The minimum atomic E-state index is -0.0299. The molecule has 2 aliphatic rings. The molecular weight excluding hydrogens is 274 g/mol. The number of carbonyl (C=O) groups is 1. The van der Waals surface area contributed by atoms with Gasteiger partial charge in [0.15, 0.2) is 5.78 Å². The average molecular weight is 291 g/mol. The van der Waals surface area contributed by atoms with Gasteiger partial charge in [0.1, 0.15) is 5.75 Å². The predicted molar refractivity (Wildman–Crippen MR) is 88.5 cm³/mol. The summed E-state index contributed by atoms with van der Waals surface area (Å²) in [6, 6.07) is 5.43. The maximum absolute atomic E-state index is 12.2. The highest BCUT2D eigenvalue weighted by Gasteiger charge is 2.20. The molecule has 0 atom stereocenters. The van der Waals surface area contributed by atoms with Crippen molar-refractivity contribution in [3.63, 3.8) is 0 Å². The number of allylic oxidation sites excluding steroid dienone is 8. The van der Waals surface area contributed by atoms with Gasteiger partial charge in [0.25, 0.3) is 0 Å². The fourth-order valence-electron chi connectivity index (χ4n) is 2.54. The van der Waals surface area contributed by atoms with Gasteiger partial charge in [-0.2, -0.15) is 0 Å². The minimum Gasteiger partial charge on any atom is -0.506 e. The molecule has 1 heterocycles. The van der Waals surface area contributed by atoms with E-state index < -0.39 is 0 Å². The number of rotatable bonds is 1. The van der Waals surface area contributed by atoms with Gasteiger partial charge in [0, 0.05) is 11.8 Å². The fourth-order valence-corrected chi connectivity index (χ4v) is 2.54. The maximum atomic E-state index is 12.2. The number of hydrogen-bond acceptors (Lipinski definition) is 3. The lowest BCUT2D eigenvalue weighted by Gasteiger charge is -2.27. The van der Waals surface area contributed by atoms with Crippen molar-refractivity contribution in [1.29, 1.82) is 0 Å². The highest BCUT2D eigenvalue weighted by molar-refractivity contribution is 6.09. The van der Waals surface area contributed by atoms with Crippen LogP contribution in [-0.2, 0) is 4.79 Å². The van der Waals surface area contributed by atoms with Crippen LogP contribution in [0.5, 0.6) is 5.75 Å². The van der Waals surface area contributed by atoms with Gasteiger partial charge >= 0.3 is 0 Å². The highest BCUT2D eigenvalue weighted by Crippen LogP contribution is 2.34.